The molecule has 2 fully saturated rings. The average molecular weight is 437 g/mol. The molecule has 6 nitrogen and oxygen atoms in total. The molecule has 1 unspecified atom stereocenters. The van der Waals surface area contributed by atoms with E-state index in [1.807, 2.05) is 46.4 Å². The monoisotopic (exact) mass is 436 g/mol. The maximum atomic E-state index is 13.7. The third-order valence-corrected chi connectivity index (χ3v) is 7.67. The molecule has 164 valence electrons. The molecule has 2 aromatic carbocycles. The summed E-state index contributed by atoms with van der Waals surface area (Å²) in [5, 5.41) is 5.79. The summed E-state index contributed by atoms with van der Waals surface area (Å²) in [4.78, 5) is 19.9. The van der Waals surface area contributed by atoms with Crippen LogP contribution in [0.25, 0.3) is 16.6 Å². The Hall–Kier alpha value is -3.51. The molecule has 2 aliphatic heterocycles. The average Bonchev–Trinajstić information content (AvgIpc) is 3.22. The minimum atomic E-state index is -0.390. The predicted octanol–water partition coefficient (Wildman–Crippen LogP) is 4.11. The van der Waals surface area contributed by atoms with E-state index in [9.17, 15) is 4.79 Å². The second-order valence-corrected chi connectivity index (χ2v) is 9.55. The van der Waals surface area contributed by atoms with Gasteiger partial charge in [0, 0.05) is 36.1 Å². The van der Waals surface area contributed by atoms with Crippen LogP contribution in [0.5, 0.6) is 0 Å². The minimum absolute atomic E-state index is 0.239. The van der Waals surface area contributed by atoms with Crippen molar-refractivity contribution in [1.82, 2.24) is 19.7 Å². The van der Waals surface area contributed by atoms with Crippen molar-refractivity contribution in [2.75, 3.05) is 13.1 Å². The Kier molecular flexibility index (Phi) is 3.89. The van der Waals surface area contributed by atoms with E-state index in [1.165, 1.54) is 5.56 Å². The Morgan fingerprint density at radius 2 is 1.85 bits per heavy atom. The molecular formula is C27H24N4O2. The molecular weight excluding hydrogens is 412 g/mol. The normalized spacial score (nSPS) is 22.7. The Morgan fingerprint density at radius 1 is 1.00 bits per heavy atom. The molecule has 1 spiro atoms. The highest BCUT2D eigenvalue weighted by molar-refractivity contribution is 5.91. The molecule has 4 heterocycles. The zero-order valence-corrected chi connectivity index (χ0v) is 18.3. The molecule has 0 N–H and O–H groups in total. The molecule has 6 heteroatoms. The number of carbonyl (C=O) groups excluding carboxylic acids is 1. The van der Waals surface area contributed by atoms with Gasteiger partial charge in [0.2, 0.25) is 5.91 Å². The topological polar surface area (TPSA) is 60.3 Å². The van der Waals surface area contributed by atoms with E-state index in [1.54, 1.807) is 0 Å². The van der Waals surface area contributed by atoms with Crippen molar-refractivity contribution in [3.8, 4) is 5.69 Å². The van der Waals surface area contributed by atoms with Crippen LogP contribution in [0.15, 0.2) is 73.2 Å². The fourth-order valence-electron chi connectivity index (χ4n) is 5.66. The first-order valence-electron chi connectivity index (χ1n) is 11.6. The van der Waals surface area contributed by atoms with Crippen LogP contribution in [0.3, 0.4) is 0 Å². The third kappa shape index (κ3) is 2.80. The maximum absolute atomic E-state index is 13.7. The van der Waals surface area contributed by atoms with Gasteiger partial charge in [-0.3, -0.25) is 9.78 Å². The van der Waals surface area contributed by atoms with E-state index in [0.717, 1.165) is 53.5 Å². The Labute approximate surface area is 191 Å². The molecule has 33 heavy (non-hydrogen) atoms. The fraction of sp³-hybridized carbons (Fsp3) is 0.296. The molecule has 4 aromatic rings. The van der Waals surface area contributed by atoms with Gasteiger partial charge >= 0.3 is 0 Å². The number of likely N-dealkylation sites (tertiary alicyclic amines) is 1. The van der Waals surface area contributed by atoms with Gasteiger partial charge in [0.15, 0.2) is 0 Å². The van der Waals surface area contributed by atoms with E-state index in [4.69, 9.17) is 4.74 Å². The summed E-state index contributed by atoms with van der Waals surface area (Å²) < 4.78 is 8.14. The number of pyridine rings is 1. The SMILES string of the molecule is O=C(N1CCC2(C1)OCc1cnccc12)C1(c2ccc(-n3cc4ccccc4n3)cc2)CC1. The summed E-state index contributed by atoms with van der Waals surface area (Å²) >= 11 is 0. The molecule has 0 bridgehead atoms. The van der Waals surface area contributed by atoms with Crippen LogP contribution in [-0.2, 0) is 27.2 Å². The van der Waals surface area contributed by atoms with Crippen LogP contribution in [-0.4, -0.2) is 38.7 Å². The number of carbonyl (C=O) groups is 1. The highest BCUT2D eigenvalue weighted by atomic mass is 16.5. The Balaban J connectivity index is 1.13. The number of rotatable bonds is 3. The summed E-state index contributed by atoms with van der Waals surface area (Å²) in [7, 11) is 0. The lowest BCUT2D eigenvalue weighted by Gasteiger charge is -2.27. The lowest BCUT2D eigenvalue weighted by Crippen LogP contribution is -2.40. The Bertz CT molecular complexity index is 1360. The van der Waals surface area contributed by atoms with Crippen molar-refractivity contribution >= 4 is 16.8 Å². The van der Waals surface area contributed by atoms with Gasteiger partial charge < -0.3 is 9.64 Å². The fourth-order valence-corrected chi connectivity index (χ4v) is 5.66. The predicted molar refractivity (Wildman–Crippen MR) is 124 cm³/mol. The zero-order chi connectivity index (χ0) is 22.0. The number of nitrogens with zero attached hydrogens (tertiary/aromatic N) is 4. The quantitative estimate of drug-likeness (QED) is 0.485. The first kappa shape index (κ1) is 19.0. The van der Waals surface area contributed by atoms with Crippen molar-refractivity contribution in [3.05, 3.63) is 89.9 Å². The number of hydrogen-bond donors (Lipinski definition) is 0. The standard InChI is InChI=1S/C27H24N4O2/c32-25(30-14-12-27(18-30)23-9-13-28-15-20(23)17-33-27)26(10-11-26)21-5-7-22(8-6-21)31-16-19-3-1-2-4-24(19)29-31/h1-9,13,15-16H,10-12,14,17-18H2. The van der Waals surface area contributed by atoms with Crippen molar-refractivity contribution in [2.24, 2.45) is 0 Å². The van der Waals surface area contributed by atoms with Crippen LogP contribution < -0.4 is 0 Å². The summed E-state index contributed by atoms with van der Waals surface area (Å²) in [5.41, 5.74) is 4.68. The highest BCUT2D eigenvalue weighted by Crippen LogP contribution is 2.52. The van der Waals surface area contributed by atoms with Crippen LogP contribution in [0.2, 0.25) is 0 Å². The van der Waals surface area contributed by atoms with Crippen LogP contribution >= 0.6 is 0 Å². The molecule has 2 aromatic heterocycles. The van der Waals surface area contributed by atoms with Gasteiger partial charge in [-0.05, 0) is 54.7 Å². The van der Waals surface area contributed by atoms with E-state index < -0.39 is 5.41 Å². The van der Waals surface area contributed by atoms with Crippen LogP contribution in [0.1, 0.15) is 36.0 Å². The number of amides is 1. The minimum Gasteiger partial charge on any atom is -0.364 e. The molecule has 1 atom stereocenters. The van der Waals surface area contributed by atoms with Gasteiger partial charge in [0.05, 0.1) is 29.8 Å². The zero-order valence-electron chi connectivity index (χ0n) is 18.3. The lowest BCUT2D eigenvalue weighted by molar-refractivity contribution is -0.134. The first-order valence-corrected chi connectivity index (χ1v) is 11.6. The number of benzene rings is 2. The molecule has 7 rings (SSSR count). The number of aromatic nitrogens is 3. The lowest BCUT2D eigenvalue weighted by atomic mass is 9.92. The van der Waals surface area contributed by atoms with Crippen molar-refractivity contribution in [3.63, 3.8) is 0 Å². The van der Waals surface area contributed by atoms with E-state index in [0.29, 0.717) is 13.2 Å². The van der Waals surface area contributed by atoms with Gasteiger partial charge in [0.25, 0.3) is 0 Å². The van der Waals surface area contributed by atoms with Gasteiger partial charge in [-0.15, -0.1) is 0 Å². The van der Waals surface area contributed by atoms with E-state index in [2.05, 4.69) is 46.5 Å². The summed E-state index contributed by atoms with van der Waals surface area (Å²) in [5.74, 6) is 0.239. The number of fused-ring (bicyclic) bond motifs is 3. The molecule has 1 saturated heterocycles. The molecule has 0 radical (unpaired) electrons. The summed E-state index contributed by atoms with van der Waals surface area (Å²) in [6.45, 7) is 1.95. The summed E-state index contributed by atoms with van der Waals surface area (Å²) in [6.07, 6.45) is 8.41. The number of ether oxygens (including phenoxy) is 1. The maximum Gasteiger partial charge on any atom is 0.233 e. The van der Waals surface area contributed by atoms with Gasteiger partial charge in [-0.1, -0.05) is 30.3 Å². The first-order chi connectivity index (χ1) is 16.2. The van der Waals surface area contributed by atoms with Gasteiger partial charge in [0.1, 0.15) is 5.60 Å². The van der Waals surface area contributed by atoms with E-state index >= 15 is 0 Å². The van der Waals surface area contributed by atoms with Crippen LogP contribution in [0.4, 0.5) is 0 Å². The third-order valence-electron chi connectivity index (χ3n) is 7.67. The van der Waals surface area contributed by atoms with Crippen LogP contribution in [0, 0.1) is 0 Å². The summed E-state index contributed by atoms with van der Waals surface area (Å²) in [6, 6.07) is 18.5. The Morgan fingerprint density at radius 3 is 2.67 bits per heavy atom. The highest BCUT2D eigenvalue weighted by Gasteiger charge is 2.56. The smallest absolute Gasteiger partial charge is 0.233 e. The second kappa shape index (κ2) is 6.75. The number of hydrogen-bond acceptors (Lipinski definition) is 4. The molecule has 1 amide bonds. The molecule has 3 aliphatic rings. The second-order valence-electron chi connectivity index (χ2n) is 9.55. The molecule has 1 saturated carbocycles. The van der Waals surface area contributed by atoms with E-state index in [-0.39, 0.29) is 11.5 Å². The van der Waals surface area contributed by atoms with Crippen molar-refractivity contribution in [1.29, 1.82) is 0 Å². The largest absolute Gasteiger partial charge is 0.364 e. The van der Waals surface area contributed by atoms with Gasteiger partial charge in [-0.2, -0.15) is 5.10 Å². The van der Waals surface area contributed by atoms with Crippen molar-refractivity contribution < 1.29 is 9.53 Å². The molecule has 1 aliphatic carbocycles. The van der Waals surface area contributed by atoms with Gasteiger partial charge in [-0.25, -0.2) is 4.68 Å². The van der Waals surface area contributed by atoms with Crippen molar-refractivity contribution in [2.45, 2.75) is 36.9 Å².